The Hall–Kier alpha value is -0.760. The second-order valence-corrected chi connectivity index (χ2v) is 6.16. The van der Waals surface area contributed by atoms with Gasteiger partial charge in [-0.1, -0.05) is 0 Å². The number of nitrogens with two attached hydrogens (primary N) is 1. The quantitative estimate of drug-likeness (QED) is 0.791. The minimum atomic E-state index is -0.626. The summed E-state index contributed by atoms with van der Waals surface area (Å²) in [4.78, 5) is 20.5. The predicted molar refractivity (Wildman–Crippen MR) is 70.0 cm³/mol. The van der Waals surface area contributed by atoms with Crippen LogP contribution >= 0.6 is 22.6 Å². The molecule has 0 aromatic carbocycles. The van der Waals surface area contributed by atoms with Crippen LogP contribution in [0.3, 0.4) is 0 Å². The number of amides is 1. The van der Waals surface area contributed by atoms with E-state index in [-0.39, 0.29) is 11.4 Å². The maximum absolute atomic E-state index is 11.9. The average Bonchev–Trinajstić information content (AvgIpc) is 3.19. The summed E-state index contributed by atoms with van der Waals surface area (Å²) in [6.07, 6.45) is 6.89. The second-order valence-electron chi connectivity index (χ2n) is 4.92. The van der Waals surface area contributed by atoms with Gasteiger partial charge in [0.1, 0.15) is 0 Å². The van der Waals surface area contributed by atoms with Gasteiger partial charge in [0.05, 0.1) is 11.1 Å². The van der Waals surface area contributed by atoms with Crippen LogP contribution in [-0.4, -0.2) is 21.4 Å². The van der Waals surface area contributed by atoms with Gasteiger partial charge in [0.15, 0.2) is 5.82 Å². The Bertz CT molecular complexity index is 465. The van der Waals surface area contributed by atoms with E-state index in [4.69, 9.17) is 5.73 Å². The number of carbonyl (C=O) groups is 1. The molecule has 0 spiro atoms. The molecule has 5 nitrogen and oxygen atoms in total. The smallest absolute Gasteiger partial charge is 0.240 e. The average molecular weight is 344 g/mol. The fraction of sp³-hybridized carbons (Fsp3) is 0.545. The van der Waals surface area contributed by atoms with Crippen molar-refractivity contribution in [2.45, 2.75) is 36.8 Å². The van der Waals surface area contributed by atoms with E-state index in [2.05, 4.69) is 37.9 Å². The number of rotatable bonds is 3. The van der Waals surface area contributed by atoms with E-state index in [9.17, 15) is 4.79 Å². The number of hydrogen-bond donors (Lipinski definition) is 2. The van der Waals surface area contributed by atoms with Gasteiger partial charge in [-0.3, -0.25) is 4.79 Å². The second kappa shape index (κ2) is 3.61. The van der Waals surface area contributed by atoms with Crippen LogP contribution in [0, 0.1) is 3.57 Å². The van der Waals surface area contributed by atoms with E-state index in [1.54, 1.807) is 12.4 Å². The van der Waals surface area contributed by atoms with Gasteiger partial charge in [0.25, 0.3) is 0 Å². The van der Waals surface area contributed by atoms with Crippen molar-refractivity contribution < 1.29 is 4.79 Å². The first kappa shape index (κ1) is 11.3. The lowest BCUT2D eigenvalue weighted by Crippen LogP contribution is -2.47. The van der Waals surface area contributed by atoms with Crippen LogP contribution in [0.15, 0.2) is 12.4 Å². The maximum atomic E-state index is 11.9. The normalized spacial score (nSPS) is 22.9. The molecule has 2 aliphatic carbocycles. The molecule has 0 saturated heterocycles. The summed E-state index contributed by atoms with van der Waals surface area (Å²) in [6, 6.07) is 0. The van der Waals surface area contributed by atoms with Crippen molar-refractivity contribution in [2.75, 3.05) is 0 Å². The molecular formula is C11H13IN4O. The first-order valence-electron chi connectivity index (χ1n) is 5.64. The van der Waals surface area contributed by atoms with Crippen molar-refractivity contribution >= 4 is 28.5 Å². The predicted octanol–water partition coefficient (Wildman–Crippen LogP) is 0.678. The SMILES string of the molecule is NC1(C(=O)NC2(c3ncc(I)cn3)CC2)CC1. The topological polar surface area (TPSA) is 80.9 Å². The highest BCUT2D eigenvalue weighted by molar-refractivity contribution is 14.1. The fourth-order valence-electron chi connectivity index (χ4n) is 1.79. The van der Waals surface area contributed by atoms with E-state index in [0.717, 1.165) is 29.3 Å². The molecule has 3 N–H and O–H groups in total. The summed E-state index contributed by atoms with van der Waals surface area (Å²) >= 11 is 2.16. The third kappa shape index (κ3) is 2.03. The van der Waals surface area contributed by atoms with Crippen molar-refractivity contribution in [1.82, 2.24) is 15.3 Å². The molecule has 1 aromatic rings. The number of carbonyl (C=O) groups excluding carboxylic acids is 1. The van der Waals surface area contributed by atoms with Crippen LogP contribution in [0.1, 0.15) is 31.5 Å². The summed E-state index contributed by atoms with van der Waals surface area (Å²) in [5, 5.41) is 3.01. The highest BCUT2D eigenvalue weighted by Gasteiger charge is 2.54. The standard InChI is InChI=1S/C11H13IN4O/c12-7-5-14-8(15-6-7)11(3-4-11)16-9(17)10(13)1-2-10/h5-6H,1-4,13H2,(H,16,17). The third-order valence-electron chi connectivity index (χ3n) is 3.39. The monoisotopic (exact) mass is 344 g/mol. The Kier molecular flexibility index (Phi) is 2.41. The summed E-state index contributed by atoms with van der Waals surface area (Å²) in [5.74, 6) is 0.646. The third-order valence-corrected chi connectivity index (χ3v) is 3.95. The molecule has 0 aliphatic heterocycles. The summed E-state index contributed by atoms with van der Waals surface area (Å²) in [5.41, 5.74) is 4.90. The van der Waals surface area contributed by atoms with E-state index in [1.165, 1.54) is 0 Å². The van der Waals surface area contributed by atoms with Crippen molar-refractivity contribution in [3.05, 3.63) is 21.8 Å². The minimum Gasteiger partial charge on any atom is -0.342 e. The molecule has 1 amide bonds. The lowest BCUT2D eigenvalue weighted by atomic mass is 10.2. The number of aromatic nitrogens is 2. The van der Waals surface area contributed by atoms with Crippen molar-refractivity contribution in [1.29, 1.82) is 0 Å². The number of halogens is 1. The molecule has 0 radical (unpaired) electrons. The Morgan fingerprint density at radius 2 is 1.88 bits per heavy atom. The van der Waals surface area contributed by atoms with E-state index in [0.29, 0.717) is 5.82 Å². The van der Waals surface area contributed by atoms with Crippen LogP contribution in [0.25, 0.3) is 0 Å². The Morgan fingerprint density at radius 1 is 1.29 bits per heavy atom. The van der Waals surface area contributed by atoms with Crippen molar-refractivity contribution in [3.63, 3.8) is 0 Å². The zero-order valence-electron chi connectivity index (χ0n) is 9.24. The van der Waals surface area contributed by atoms with Gasteiger partial charge in [-0.2, -0.15) is 0 Å². The van der Waals surface area contributed by atoms with E-state index in [1.807, 2.05) is 0 Å². The molecule has 2 aliphatic rings. The lowest BCUT2D eigenvalue weighted by Gasteiger charge is -2.18. The zero-order chi connectivity index (χ0) is 12.1. The van der Waals surface area contributed by atoms with Gasteiger partial charge in [-0.15, -0.1) is 0 Å². The van der Waals surface area contributed by atoms with Gasteiger partial charge < -0.3 is 11.1 Å². The molecule has 0 bridgehead atoms. The number of hydrogen-bond acceptors (Lipinski definition) is 4. The van der Waals surface area contributed by atoms with E-state index >= 15 is 0 Å². The number of nitrogens with zero attached hydrogens (tertiary/aromatic N) is 2. The van der Waals surface area contributed by atoms with Gasteiger partial charge in [-0.05, 0) is 48.3 Å². The largest absolute Gasteiger partial charge is 0.342 e. The lowest BCUT2D eigenvalue weighted by molar-refractivity contribution is -0.124. The van der Waals surface area contributed by atoms with Crippen LogP contribution in [0.4, 0.5) is 0 Å². The molecule has 0 atom stereocenters. The van der Waals surface area contributed by atoms with Gasteiger partial charge in [0, 0.05) is 16.0 Å². The molecule has 1 aromatic heterocycles. The Labute approximate surface area is 113 Å². The maximum Gasteiger partial charge on any atom is 0.240 e. The summed E-state index contributed by atoms with van der Waals surface area (Å²) in [7, 11) is 0. The van der Waals surface area contributed by atoms with Gasteiger partial charge >= 0.3 is 0 Å². The van der Waals surface area contributed by atoms with Crippen molar-refractivity contribution in [2.24, 2.45) is 5.73 Å². The first-order chi connectivity index (χ1) is 8.04. The molecule has 0 unspecified atom stereocenters. The van der Waals surface area contributed by atoms with E-state index < -0.39 is 5.54 Å². The van der Waals surface area contributed by atoms with Crippen LogP contribution in [0.5, 0.6) is 0 Å². The molecular weight excluding hydrogens is 331 g/mol. The van der Waals surface area contributed by atoms with Crippen molar-refractivity contribution in [3.8, 4) is 0 Å². The first-order valence-corrected chi connectivity index (χ1v) is 6.72. The fourth-order valence-corrected chi connectivity index (χ4v) is 2.07. The minimum absolute atomic E-state index is 0.0582. The molecule has 17 heavy (non-hydrogen) atoms. The highest BCUT2D eigenvalue weighted by atomic mass is 127. The summed E-state index contributed by atoms with van der Waals surface area (Å²) in [6.45, 7) is 0. The van der Waals surface area contributed by atoms with Crippen LogP contribution < -0.4 is 11.1 Å². The molecule has 6 heteroatoms. The molecule has 3 rings (SSSR count). The van der Waals surface area contributed by atoms with Gasteiger partial charge in [0.2, 0.25) is 5.91 Å². The Balaban J connectivity index is 1.78. The molecule has 90 valence electrons. The highest BCUT2D eigenvalue weighted by Crippen LogP contribution is 2.45. The van der Waals surface area contributed by atoms with Crippen LogP contribution in [-0.2, 0) is 10.3 Å². The zero-order valence-corrected chi connectivity index (χ0v) is 11.4. The molecule has 2 fully saturated rings. The van der Waals surface area contributed by atoms with Crippen LogP contribution in [0.2, 0.25) is 0 Å². The Morgan fingerprint density at radius 3 is 2.35 bits per heavy atom. The molecule has 1 heterocycles. The summed E-state index contributed by atoms with van der Waals surface area (Å²) < 4.78 is 0.992. The van der Waals surface area contributed by atoms with Gasteiger partial charge in [-0.25, -0.2) is 9.97 Å². The number of nitrogens with one attached hydrogen (secondary N) is 1. The molecule has 2 saturated carbocycles.